The predicted molar refractivity (Wildman–Crippen MR) is 277 cm³/mol. The molecule has 72 heavy (non-hydrogen) atoms. The minimum absolute atomic E-state index is 0.137. The molecule has 0 aliphatic heterocycles. The minimum Gasteiger partial charge on any atom is -0.444 e. The number of aromatic amines is 1. The highest BCUT2D eigenvalue weighted by molar-refractivity contribution is 7.99. The lowest BCUT2D eigenvalue weighted by Crippen LogP contribution is -2.35. The molecule has 0 bridgehead atoms. The highest BCUT2D eigenvalue weighted by Gasteiger charge is 2.21. The van der Waals surface area contributed by atoms with Crippen molar-refractivity contribution in [2.75, 3.05) is 50.5 Å². The molecule has 5 aromatic heterocycles. The van der Waals surface area contributed by atoms with E-state index in [-0.39, 0.29) is 43.8 Å². The van der Waals surface area contributed by atoms with E-state index in [0.29, 0.717) is 74.6 Å². The summed E-state index contributed by atoms with van der Waals surface area (Å²) in [7, 11) is 0. The highest BCUT2D eigenvalue weighted by Crippen LogP contribution is 2.31. The topological polar surface area (TPSA) is 263 Å². The van der Waals surface area contributed by atoms with Crippen LogP contribution in [0.5, 0.6) is 0 Å². The van der Waals surface area contributed by atoms with Crippen molar-refractivity contribution in [2.45, 2.75) is 51.4 Å². The summed E-state index contributed by atoms with van der Waals surface area (Å²) in [5, 5.41) is 37.0. The maximum atomic E-state index is 13.6. The van der Waals surface area contributed by atoms with Crippen LogP contribution in [-0.4, -0.2) is 113 Å². The number of alkyl carbamates (subject to hydrolysis) is 1. The number of H-pyrrole nitrogens is 1. The summed E-state index contributed by atoms with van der Waals surface area (Å²) < 4.78 is 14.0. The number of anilines is 1. The lowest BCUT2D eigenvalue weighted by Gasteiger charge is -2.19. The Balaban J connectivity index is 0.769. The van der Waals surface area contributed by atoms with E-state index in [1.807, 2.05) is 47.8 Å². The largest absolute Gasteiger partial charge is 0.444 e. The second-order valence-corrected chi connectivity index (χ2v) is 19.5. The Kier molecular flexibility index (Phi) is 16.9. The number of aromatic nitrogens is 9. The quantitative estimate of drug-likeness (QED) is 0.0186. The second-order valence-electron chi connectivity index (χ2n) is 16.7. The monoisotopic (exact) mass is 1030 g/mol. The number of nitrogens with one attached hydrogen (secondary N) is 5. The van der Waals surface area contributed by atoms with Gasteiger partial charge in [0, 0.05) is 71.1 Å². The number of ether oxygens (including phenoxy) is 2. The summed E-state index contributed by atoms with van der Waals surface area (Å²) in [5.74, 6) is 0.832. The Morgan fingerprint density at radius 1 is 0.819 bits per heavy atom. The molecular formula is C48H51N15O6S3. The number of thioether (sulfide) groups is 1. The zero-order valence-electron chi connectivity index (χ0n) is 39.7. The number of amides is 3. The van der Waals surface area contributed by atoms with E-state index in [0.717, 1.165) is 28.9 Å². The second kappa shape index (κ2) is 24.0. The maximum absolute atomic E-state index is 13.6. The normalized spacial score (nSPS) is 11.6. The fourth-order valence-electron chi connectivity index (χ4n) is 6.81. The molecular weight excluding hydrogens is 979 g/mol. The molecule has 372 valence electrons. The molecule has 8 rings (SSSR count). The first-order valence-electron chi connectivity index (χ1n) is 22.9. The van der Waals surface area contributed by atoms with Gasteiger partial charge >= 0.3 is 11.7 Å². The molecule has 0 atom stereocenters. The first-order chi connectivity index (χ1) is 34.9. The van der Waals surface area contributed by atoms with Crippen molar-refractivity contribution in [1.82, 2.24) is 60.7 Å². The van der Waals surface area contributed by atoms with Crippen LogP contribution >= 0.6 is 34.4 Å². The number of nitrogens with zero attached hydrogens (tertiary/aromatic N) is 10. The number of hydrogen-bond acceptors (Lipinski definition) is 18. The standard InChI is InChI=1S/C48H51N15O6S3/c1-5-26-70-45-55-39(49-19-20-53-47(67)69-48(2,3)4)38-40(56-45)62(61-58-38)28-30-11-13-33(14-12-30)41(64)50-21-24-68-25-22-51-42(65)34-17-15-31(16-18-34)35-29-72-46(54-35)63-43(66)37(57-59-44-52-23-27-71-44)36(60-63)32-9-7-6-8-10-32/h6-18,23,27,29,60H,5,19-22,24-26,28H2,1-4H3,(H,50,64)(H,51,65)(H,53,67)(H,49,55,56). The molecule has 3 aromatic carbocycles. The molecule has 24 heteroatoms. The van der Waals surface area contributed by atoms with Gasteiger partial charge in [-0.3, -0.25) is 19.5 Å². The SMILES string of the molecule is CCCSc1nc(NCCNC(=O)OC(C)(C)C)c2nnn(Cc3ccc(C(=O)NCCOCCNC(=O)c4ccc(-c5csc(-n6[nH]c(-c7ccccc7)c(N=Nc7nccs7)c6=O)n5)cc4)cc3)c2n1. The smallest absolute Gasteiger partial charge is 0.407 e. The van der Waals surface area contributed by atoms with Crippen molar-refractivity contribution >= 4 is 80.1 Å². The molecule has 0 spiro atoms. The molecule has 0 aliphatic rings. The molecule has 0 unspecified atom stereocenters. The van der Waals surface area contributed by atoms with E-state index < -0.39 is 17.3 Å². The average molecular weight is 1030 g/mol. The van der Waals surface area contributed by atoms with Crippen molar-refractivity contribution in [2.24, 2.45) is 10.2 Å². The van der Waals surface area contributed by atoms with Crippen LogP contribution in [-0.2, 0) is 16.0 Å². The van der Waals surface area contributed by atoms with Gasteiger partial charge in [-0.15, -0.1) is 38.0 Å². The van der Waals surface area contributed by atoms with E-state index >= 15 is 0 Å². The van der Waals surface area contributed by atoms with Crippen LogP contribution in [0.2, 0.25) is 0 Å². The molecule has 3 amide bonds. The summed E-state index contributed by atoms with van der Waals surface area (Å²) in [6.45, 7) is 9.60. The van der Waals surface area contributed by atoms with E-state index in [1.54, 1.807) is 73.4 Å². The van der Waals surface area contributed by atoms with Crippen molar-refractivity contribution in [3.63, 3.8) is 0 Å². The Hall–Kier alpha value is -7.67. The fourth-order valence-corrected chi connectivity index (χ4v) is 8.75. The van der Waals surface area contributed by atoms with Gasteiger partial charge in [-0.05, 0) is 57.0 Å². The molecule has 0 saturated heterocycles. The summed E-state index contributed by atoms with van der Waals surface area (Å²) in [5.41, 5.74) is 4.68. The minimum atomic E-state index is -0.594. The predicted octanol–water partition coefficient (Wildman–Crippen LogP) is 8.03. The number of benzene rings is 3. The van der Waals surface area contributed by atoms with Crippen LogP contribution in [0.15, 0.2) is 116 Å². The molecule has 0 saturated carbocycles. The van der Waals surface area contributed by atoms with Crippen molar-refractivity contribution in [1.29, 1.82) is 0 Å². The van der Waals surface area contributed by atoms with Crippen LogP contribution in [0, 0.1) is 0 Å². The van der Waals surface area contributed by atoms with Crippen LogP contribution in [0.1, 0.15) is 60.4 Å². The number of azo groups is 1. The molecule has 5 N–H and O–H groups in total. The molecule has 5 heterocycles. The van der Waals surface area contributed by atoms with E-state index in [9.17, 15) is 19.2 Å². The first kappa shape index (κ1) is 50.7. The van der Waals surface area contributed by atoms with Crippen molar-refractivity contribution in [3.05, 3.63) is 123 Å². The van der Waals surface area contributed by atoms with Crippen LogP contribution in [0.3, 0.4) is 0 Å². The number of thiazole rings is 2. The summed E-state index contributed by atoms with van der Waals surface area (Å²) in [4.78, 5) is 69.8. The fraction of sp³-hybridized carbons (Fsp3) is 0.292. The van der Waals surface area contributed by atoms with Gasteiger partial charge in [0.25, 0.3) is 11.8 Å². The highest BCUT2D eigenvalue weighted by atomic mass is 32.2. The van der Waals surface area contributed by atoms with E-state index in [4.69, 9.17) is 19.4 Å². The van der Waals surface area contributed by atoms with Gasteiger partial charge in [-0.1, -0.05) is 78.5 Å². The Morgan fingerprint density at radius 3 is 2.22 bits per heavy atom. The van der Waals surface area contributed by atoms with E-state index in [1.165, 1.54) is 39.1 Å². The number of fused-ring (bicyclic) bond motifs is 1. The van der Waals surface area contributed by atoms with Gasteiger partial charge in [0.1, 0.15) is 5.60 Å². The molecule has 0 aliphatic carbocycles. The molecule has 21 nitrogen and oxygen atoms in total. The number of carbonyl (C=O) groups excluding carboxylic acids is 3. The first-order valence-corrected chi connectivity index (χ1v) is 25.6. The lowest BCUT2D eigenvalue weighted by molar-refractivity contribution is 0.0529. The van der Waals surface area contributed by atoms with E-state index in [2.05, 4.69) is 63.8 Å². The van der Waals surface area contributed by atoms with Gasteiger partial charge in [0.15, 0.2) is 27.8 Å². The van der Waals surface area contributed by atoms with Gasteiger partial charge < -0.3 is 30.7 Å². The number of rotatable bonds is 22. The van der Waals surface area contributed by atoms with Gasteiger partial charge in [0.05, 0.1) is 31.1 Å². The maximum Gasteiger partial charge on any atom is 0.407 e. The van der Waals surface area contributed by atoms with Gasteiger partial charge in [-0.2, -0.15) is 4.68 Å². The Morgan fingerprint density at radius 2 is 1.54 bits per heavy atom. The Bertz CT molecular complexity index is 3180. The average Bonchev–Trinajstić information content (AvgIpc) is 4.22. The third-order valence-electron chi connectivity index (χ3n) is 10.2. The summed E-state index contributed by atoms with van der Waals surface area (Å²) in [6, 6.07) is 23.6. The van der Waals surface area contributed by atoms with Gasteiger partial charge in [-0.25, -0.2) is 29.4 Å². The van der Waals surface area contributed by atoms with Crippen LogP contribution < -0.4 is 26.8 Å². The van der Waals surface area contributed by atoms with Gasteiger partial charge in [0.2, 0.25) is 10.3 Å². The van der Waals surface area contributed by atoms with Crippen LogP contribution in [0.4, 0.5) is 21.4 Å². The third-order valence-corrected chi connectivity index (χ3v) is 12.7. The lowest BCUT2D eigenvalue weighted by atomic mass is 10.1. The third kappa shape index (κ3) is 13.4. The molecule has 8 aromatic rings. The molecule has 0 radical (unpaired) electrons. The summed E-state index contributed by atoms with van der Waals surface area (Å²) in [6.07, 6.45) is 2.07. The Labute approximate surface area is 425 Å². The summed E-state index contributed by atoms with van der Waals surface area (Å²) >= 11 is 4.13. The molecule has 0 fully saturated rings. The van der Waals surface area contributed by atoms with Crippen molar-refractivity contribution < 1.29 is 23.9 Å². The van der Waals surface area contributed by atoms with Crippen LogP contribution in [0.25, 0.3) is 38.8 Å². The van der Waals surface area contributed by atoms with Crippen molar-refractivity contribution in [3.8, 4) is 27.6 Å². The zero-order chi connectivity index (χ0) is 50.5. The number of hydrogen-bond donors (Lipinski definition) is 5. The number of carbonyl (C=O) groups is 3. The zero-order valence-corrected chi connectivity index (χ0v) is 42.2.